The van der Waals surface area contributed by atoms with Gasteiger partial charge in [0.15, 0.2) is 6.73 Å². The van der Waals surface area contributed by atoms with Crippen LogP contribution in [0.25, 0.3) is 0 Å². The molecule has 1 atom stereocenters. The lowest BCUT2D eigenvalue weighted by Gasteiger charge is -2.25. The van der Waals surface area contributed by atoms with Crippen molar-refractivity contribution in [3.05, 3.63) is 39.7 Å². The Morgan fingerprint density at radius 1 is 1.38 bits per heavy atom. The summed E-state index contributed by atoms with van der Waals surface area (Å²) in [4.78, 5) is 0. The monoisotopic (exact) mass is 364 g/mol. The van der Waals surface area contributed by atoms with Crippen LogP contribution >= 0.6 is 34.5 Å². The third-order valence-electron chi connectivity index (χ3n) is 2.62. The lowest BCUT2D eigenvalue weighted by atomic mass is 10.2. The predicted octanol–water partition coefficient (Wildman–Crippen LogP) is 4.16. The number of rotatable bonds is 6. The second-order valence-corrected chi connectivity index (χ2v) is 7.41. The Kier molecular flexibility index (Phi) is 6.04. The van der Waals surface area contributed by atoms with Gasteiger partial charge in [0.25, 0.3) is 0 Å². The zero-order valence-corrected chi connectivity index (χ0v) is 14.4. The summed E-state index contributed by atoms with van der Waals surface area (Å²) in [5, 5.41) is 2.58. The molecule has 0 fully saturated rings. The topological polar surface area (TPSA) is 61.5 Å². The molecule has 2 rings (SSSR count). The van der Waals surface area contributed by atoms with E-state index in [9.17, 15) is 4.55 Å². The minimum Gasteiger partial charge on any atom is -0.587 e. The number of ether oxygens (including phenoxy) is 1. The van der Waals surface area contributed by atoms with Crippen molar-refractivity contribution in [1.29, 1.82) is 0 Å². The molecule has 0 aliphatic heterocycles. The molecule has 0 amide bonds. The molecule has 2 aromatic rings. The molecule has 1 unspecified atom stereocenters. The normalized spacial score (nSPS) is 12.4. The minimum absolute atomic E-state index is 0.142. The number of halogens is 2. The van der Waals surface area contributed by atoms with Crippen LogP contribution in [0.4, 0.5) is 11.4 Å². The molecule has 4 nitrogen and oxygen atoms in total. The van der Waals surface area contributed by atoms with E-state index in [-0.39, 0.29) is 6.73 Å². The minimum atomic E-state index is -1.42. The van der Waals surface area contributed by atoms with Crippen LogP contribution in [-0.2, 0) is 16.1 Å². The summed E-state index contributed by atoms with van der Waals surface area (Å²) < 4.78 is 20.4. The second-order valence-electron chi connectivity index (χ2n) is 4.01. The van der Waals surface area contributed by atoms with E-state index in [0.717, 1.165) is 0 Å². The van der Waals surface area contributed by atoms with Crippen molar-refractivity contribution < 1.29 is 9.29 Å². The Morgan fingerprint density at radius 3 is 2.71 bits per heavy atom. The van der Waals surface area contributed by atoms with Gasteiger partial charge in [-0.05, 0) is 30.5 Å². The number of nitrogens with zero attached hydrogens (tertiary/aromatic N) is 1. The Hall–Kier alpha value is -0.630. The highest BCUT2D eigenvalue weighted by Crippen LogP contribution is 2.36. The summed E-state index contributed by atoms with van der Waals surface area (Å²) in [5.74, 6) is 0. The maximum Gasteiger partial charge on any atom is 0.233 e. The van der Waals surface area contributed by atoms with Crippen LogP contribution in [0, 0.1) is 0 Å². The molecule has 8 heteroatoms. The number of hydrogen-bond acceptors (Lipinski definition) is 5. The first-order chi connectivity index (χ1) is 10.0. The maximum absolute atomic E-state index is 12.7. The molecular formula is C13H14Cl2N2O2S2. The molecule has 0 aliphatic rings. The van der Waals surface area contributed by atoms with Gasteiger partial charge in [0.1, 0.15) is 17.0 Å². The smallest absolute Gasteiger partial charge is 0.233 e. The molecule has 0 saturated heterocycles. The SMILES string of the molecule is CCOCN(c1cc(Cl)c(Cl)cc1N)[S+]([O-])c1cccs1. The van der Waals surface area contributed by atoms with Crippen molar-refractivity contribution in [2.75, 3.05) is 23.4 Å². The molecule has 1 heterocycles. The molecule has 0 saturated carbocycles. The van der Waals surface area contributed by atoms with Gasteiger partial charge < -0.3 is 15.0 Å². The summed E-state index contributed by atoms with van der Waals surface area (Å²) in [6, 6.07) is 6.79. The zero-order valence-electron chi connectivity index (χ0n) is 11.2. The number of benzene rings is 1. The summed E-state index contributed by atoms with van der Waals surface area (Å²) in [7, 11) is 0. The highest BCUT2D eigenvalue weighted by atomic mass is 35.5. The van der Waals surface area contributed by atoms with Gasteiger partial charge in [-0.1, -0.05) is 34.5 Å². The van der Waals surface area contributed by atoms with Crippen LogP contribution in [0.1, 0.15) is 6.92 Å². The van der Waals surface area contributed by atoms with Gasteiger partial charge in [-0.25, -0.2) is 0 Å². The lowest BCUT2D eigenvalue weighted by molar-refractivity contribution is 0.157. The van der Waals surface area contributed by atoms with Crippen molar-refractivity contribution in [3.63, 3.8) is 0 Å². The molecule has 21 heavy (non-hydrogen) atoms. The largest absolute Gasteiger partial charge is 0.587 e. The lowest BCUT2D eigenvalue weighted by Crippen LogP contribution is -2.33. The molecule has 1 aromatic carbocycles. The standard InChI is InChI=1S/C13H14Cl2N2O2S2/c1-2-19-8-17(21(18)13-4-3-5-20-13)12-7-10(15)9(14)6-11(12)16/h3-7H,2,8,16H2,1H3. The van der Waals surface area contributed by atoms with E-state index in [2.05, 4.69) is 0 Å². The van der Waals surface area contributed by atoms with Crippen molar-refractivity contribution >= 4 is 57.3 Å². The van der Waals surface area contributed by atoms with Crippen LogP contribution in [0.3, 0.4) is 0 Å². The van der Waals surface area contributed by atoms with Gasteiger partial charge in [0.2, 0.25) is 4.21 Å². The van der Waals surface area contributed by atoms with Crippen molar-refractivity contribution in [2.45, 2.75) is 11.1 Å². The van der Waals surface area contributed by atoms with Crippen LogP contribution in [0.15, 0.2) is 33.9 Å². The molecule has 1 aromatic heterocycles. The molecule has 0 spiro atoms. The van der Waals surface area contributed by atoms with Crippen molar-refractivity contribution in [2.24, 2.45) is 0 Å². The van der Waals surface area contributed by atoms with Gasteiger partial charge in [0, 0.05) is 12.7 Å². The quantitative estimate of drug-likeness (QED) is 0.474. The fraction of sp³-hybridized carbons (Fsp3) is 0.231. The van der Waals surface area contributed by atoms with Crippen LogP contribution < -0.4 is 10.0 Å². The number of nitrogen functional groups attached to an aromatic ring is 1. The van der Waals surface area contributed by atoms with E-state index in [1.807, 2.05) is 18.4 Å². The highest BCUT2D eigenvalue weighted by molar-refractivity contribution is 7.94. The fourth-order valence-corrected chi connectivity index (χ4v) is 4.08. The molecule has 0 bridgehead atoms. The Balaban J connectivity index is 2.38. The molecule has 114 valence electrons. The third kappa shape index (κ3) is 3.97. The van der Waals surface area contributed by atoms with Crippen LogP contribution in [0.5, 0.6) is 0 Å². The number of anilines is 2. The Morgan fingerprint density at radius 2 is 2.10 bits per heavy atom. The first-order valence-corrected chi connectivity index (χ1v) is 8.84. The van der Waals surface area contributed by atoms with Crippen molar-refractivity contribution in [3.8, 4) is 0 Å². The third-order valence-corrected chi connectivity index (χ3v) is 5.90. The summed E-state index contributed by atoms with van der Waals surface area (Å²) in [6.07, 6.45) is 0. The van der Waals surface area contributed by atoms with Crippen LogP contribution in [0.2, 0.25) is 10.0 Å². The van der Waals surface area contributed by atoms with E-state index in [4.69, 9.17) is 33.7 Å². The van der Waals surface area contributed by atoms with E-state index in [1.165, 1.54) is 11.3 Å². The van der Waals surface area contributed by atoms with E-state index < -0.39 is 11.4 Å². The second kappa shape index (κ2) is 7.58. The summed E-state index contributed by atoms with van der Waals surface area (Å²) >= 11 is 12.0. The van der Waals surface area contributed by atoms with Crippen LogP contribution in [-0.4, -0.2) is 17.9 Å². The zero-order chi connectivity index (χ0) is 15.4. The Bertz CT molecular complexity index is 596. The average Bonchev–Trinajstić information content (AvgIpc) is 2.98. The first kappa shape index (κ1) is 16.7. The van der Waals surface area contributed by atoms with Crippen molar-refractivity contribution in [1.82, 2.24) is 0 Å². The Labute approximate surface area is 140 Å². The highest BCUT2D eigenvalue weighted by Gasteiger charge is 2.27. The van der Waals surface area contributed by atoms with E-state index in [0.29, 0.717) is 32.2 Å². The van der Waals surface area contributed by atoms with Gasteiger partial charge in [-0.15, -0.1) is 0 Å². The average molecular weight is 365 g/mol. The van der Waals surface area contributed by atoms with Gasteiger partial charge in [0.05, 0.1) is 15.7 Å². The number of nitrogens with two attached hydrogens (primary N) is 1. The van der Waals surface area contributed by atoms with E-state index in [1.54, 1.807) is 22.5 Å². The molecular weight excluding hydrogens is 351 g/mol. The molecule has 2 N–H and O–H groups in total. The van der Waals surface area contributed by atoms with Gasteiger partial charge in [-0.2, -0.15) is 4.31 Å². The first-order valence-electron chi connectivity index (χ1n) is 6.09. The number of thiophene rings is 1. The van der Waals surface area contributed by atoms with Gasteiger partial charge in [-0.3, -0.25) is 0 Å². The fourth-order valence-electron chi connectivity index (χ4n) is 1.62. The molecule has 0 radical (unpaired) electrons. The summed E-state index contributed by atoms with van der Waals surface area (Å²) in [5.41, 5.74) is 6.91. The summed E-state index contributed by atoms with van der Waals surface area (Å²) in [6.45, 7) is 2.51. The molecule has 0 aliphatic carbocycles. The predicted molar refractivity (Wildman–Crippen MR) is 90.6 cm³/mol. The number of hydrogen-bond donors (Lipinski definition) is 1. The maximum atomic E-state index is 12.7. The van der Waals surface area contributed by atoms with E-state index >= 15 is 0 Å². The van der Waals surface area contributed by atoms with Gasteiger partial charge >= 0.3 is 0 Å².